The third-order valence-electron chi connectivity index (χ3n) is 2.00. The Kier molecular flexibility index (Phi) is 7.76. The summed E-state index contributed by atoms with van der Waals surface area (Å²) in [6.07, 6.45) is 0. The van der Waals surface area contributed by atoms with Crippen molar-refractivity contribution >= 4 is 23.5 Å². The predicted octanol–water partition coefficient (Wildman–Crippen LogP) is 2.14. The van der Waals surface area contributed by atoms with Gasteiger partial charge in [-0.05, 0) is 11.1 Å². The van der Waals surface area contributed by atoms with Crippen LogP contribution in [0.5, 0.6) is 0 Å². The quantitative estimate of drug-likeness (QED) is 0.701. The highest BCUT2D eigenvalue weighted by Crippen LogP contribution is 2.17. The summed E-state index contributed by atoms with van der Waals surface area (Å²) in [4.78, 5) is 0. The van der Waals surface area contributed by atoms with Crippen molar-refractivity contribution < 1.29 is 10.2 Å². The van der Waals surface area contributed by atoms with E-state index in [1.807, 2.05) is 0 Å². The number of hydrogen-bond acceptors (Lipinski definition) is 4. The van der Waals surface area contributed by atoms with E-state index in [1.165, 1.54) is 11.1 Å². The lowest BCUT2D eigenvalue weighted by Gasteiger charge is -2.04. The summed E-state index contributed by atoms with van der Waals surface area (Å²) in [5.74, 6) is 3.51. The molecule has 2 N–H and O–H groups in total. The van der Waals surface area contributed by atoms with E-state index in [2.05, 4.69) is 24.3 Å². The van der Waals surface area contributed by atoms with E-state index < -0.39 is 0 Å². The molecule has 0 aliphatic heterocycles. The smallest absolute Gasteiger partial charge is 0.0521 e. The van der Waals surface area contributed by atoms with E-state index in [0.717, 1.165) is 23.0 Å². The molecule has 0 spiro atoms. The van der Waals surface area contributed by atoms with Crippen LogP contribution in [0.2, 0.25) is 0 Å². The lowest BCUT2D eigenvalue weighted by molar-refractivity contribution is 0.322. The minimum absolute atomic E-state index is 0.247. The summed E-state index contributed by atoms with van der Waals surface area (Å²) in [5, 5.41) is 17.4. The first-order valence-corrected chi connectivity index (χ1v) is 7.63. The molecule has 0 saturated heterocycles. The van der Waals surface area contributed by atoms with Gasteiger partial charge in [0.05, 0.1) is 13.2 Å². The lowest BCUT2D eigenvalue weighted by Crippen LogP contribution is -1.91. The third kappa shape index (κ3) is 5.80. The fraction of sp³-hybridized carbons (Fsp3) is 0.500. The van der Waals surface area contributed by atoms with Crippen LogP contribution in [-0.2, 0) is 11.5 Å². The Balaban J connectivity index is 2.37. The highest BCUT2D eigenvalue weighted by molar-refractivity contribution is 7.98. The Hall–Kier alpha value is -0.160. The van der Waals surface area contributed by atoms with Crippen LogP contribution in [0.25, 0.3) is 0 Å². The van der Waals surface area contributed by atoms with Gasteiger partial charge in [-0.15, -0.1) is 0 Å². The first kappa shape index (κ1) is 13.9. The van der Waals surface area contributed by atoms with Crippen LogP contribution in [0, 0.1) is 0 Å². The zero-order chi connectivity index (χ0) is 11.6. The van der Waals surface area contributed by atoms with Crippen molar-refractivity contribution in [2.45, 2.75) is 11.5 Å². The fourth-order valence-electron chi connectivity index (χ4n) is 1.32. The summed E-state index contributed by atoms with van der Waals surface area (Å²) in [6.45, 7) is 0.493. The summed E-state index contributed by atoms with van der Waals surface area (Å²) >= 11 is 3.49. The molecule has 16 heavy (non-hydrogen) atoms. The van der Waals surface area contributed by atoms with Gasteiger partial charge in [-0.1, -0.05) is 24.3 Å². The Morgan fingerprint density at radius 1 is 0.875 bits per heavy atom. The molecule has 0 fully saturated rings. The topological polar surface area (TPSA) is 40.5 Å². The van der Waals surface area contributed by atoms with E-state index in [9.17, 15) is 0 Å². The molecule has 1 rings (SSSR count). The maximum Gasteiger partial charge on any atom is 0.0521 e. The minimum Gasteiger partial charge on any atom is -0.396 e. The second kappa shape index (κ2) is 8.93. The highest BCUT2D eigenvalue weighted by Gasteiger charge is 1.97. The first-order valence-electron chi connectivity index (χ1n) is 5.32. The number of aliphatic hydroxyl groups is 2. The van der Waals surface area contributed by atoms with E-state index in [-0.39, 0.29) is 13.2 Å². The fourth-order valence-corrected chi connectivity index (χ4v) is 2.70. The second-order valence-electron chi connectivity index (χ2n) is 3.37. The van der Waals surface area contributed by atoms with Gasteiger partial charge in [0.1, 0.15) is 0 Å². The molecule has 0 bridgehead atoms. The summed E-state index contributed by atoms with van der Waals surface area (Å²) < 4.78 is 0. The van der Waals surface area contributed by atoms with Crippen LogP contribution < -0.4 is 0 Å². The average molecular weight is 258 g/mol. The maximum absolute atomic E-state index is 8.69. The Bertz CT molecular complexity index is 267. The van der Waals surface area contributed by atoms with Gasteiger partial charge in [-0.25, -0.2) is 0 Å². The molecule has 4 heteroatoms. The molecule has 0 amide bonds. The van der Waals surface area contributed by atoms with Gasteiger partial charge in [0, 0.05) is 23.0 Å². The van der Waals surface area contributed by atoms with Crippen LogP contribution >= 0.6 is 23.5 Å². The van der Waals surface area contributed by atoms with Gasteiger partial charge in [-0.3, -0.25) is 0 Å². The molecule has 0 radical (unpaired) electrons. The van der Waals surface area contributed by atoms with Gasteiger partial charge in [0.15, 0.2) is 0 Å². The van der Waals surface area contributed by atoms with Gasteiger partial charge < -0.3 is 10.2 Å². The predicted molar refractivity (Wildman–Crippen MR) is 72.9 cm³/mol. The SMILES string of the molecule is OCCSCc1cccc(CSCCO)c1. The lowest BCUT2D eigenvalue weighted by atomic mass is 10.2. The monoisotopic (exact) mass is 258 g/mol. The number of hydrogen-bond donors (Lipinski definition) is 2. The number of aliphatic hydroxyl groups excluding tert-OH is 2. The molecule has 90 valence electrons. The zero-order valence-electron chi connectivity index (χ0n) is 9.26. The first-order chi connectivity index (χ1) is 7.86. The van der Waals surface area contributed by atoms with Crippen LogP contribution in [0.15, 0.2) is 24.3 Å². The van der Waals surface area contributed by atoms with Gasteiger partial charge >= 0.3 is 0 Å². The second-order valence-corrected chi connectivity index (χ2v) is 5.58. The van der Waals surface area contributed by atoms with E-state index in [4.69, 9.17) is 10.2 Å². The molecule has 0 aliphatic carbocycles. The van der Waals surface area contributed by atoms with Crippen LogP contribution in [0.3, 0.4) is 0 Å². The molecular weight excluding hydrogens is 240 g/mol. The molecule has 0 atom stereocenters. The Morgan fingerprint density at radius 3 is 1.81 bits per heavy atom. The maximum atomic E-state index is 8.69. The van der Waals surface area contributed by atoms with Gasteiger partial charge in [0.2, 0.25) is 0 Å². The van der Waals surface area contributed by atoms with Crippen molar-refractivity contribution in [1.29, 1.82) is 0 Å². The number of rotatable bonds is 8. The molecule has 0 heterocycles. The van der Waals surface area contributed by atoms with Crippen LogP contribution in [0.1, 0.15) is 11.1 Å². The standard InChI is InChI=1S/C12H18O2S2/c13-4-6-15-9-11-2-1-3-12(8-11)10-16-7-5-14/h1-3,8,13-14H,4-7,9-10H2. The third-order valence-corrected chi connectivity index (χ3v) is 4.02. The number of benzene rings is 1. The molecule has 0 saturated carbocycles. The molecule has 0 aliphatic rings. The largest absolute Gasteiger partial charge is 0.396 e. The minimum atomic E-state index is 0.247. The molecule has 0 aromatic heterocycles. The average Bonchev–Trinajstić information content (AvgIpc) is 2.30. The van der Waals surface area contributed by atoms with Crippen LogP contribution in [-0.4, -0.2) is 34.9 Å². The molecule has 1 aromatic rings. The van der Waals surface area contributed by atoms with E-state index in [1.54, 1.807) is 23.5 Å². The van der Waals surface area contributed by atoms with Crippen molar-refractivity contribution in [3.63, 3.8) is 0 Å². The van der Waals surface area contributed by atoms with E-state index >= 15 is 0 Å². The van der Waals surface area contributed by atoms with Crippen LogP contribution in [0.4, 0.5) is 0 Å². The summed E-state index contributed by atoms with van der Waals surface area (Å²) in [5.41, 5.74) is 2.61. The molecule has 2 nitrogen and oxygen atoms in total. The highest BCUT2D eigenvalue weighted by atomic mass is 32.2. The summed E-state index contributed by atoms with van der Waals surface area (Å²) in [7, 11) is 0. The van der Waals surface area contributed by atoms with Gasteiger partial charge in [0.25, 0.3) is 0 Å². The van der Waals surface area contributed by atoms with Crippen molar-refractivity contribution in [1.82, 2.24) is 0 Å². The normalized spacial score (nSPS) is 10.6. The Labute approximate surface area is 105 Å². The van der Waals surface area contributed by atoms with Crippen molar-refractivity contribution in [3.05, 3.63) is 35.4 Å². The molecule has 1 aromatic carbocycles. The molecule has 0 unspecified atom stereocenters. The summed E-state index contributed by atoms with van der Waals surface area (Å²) in [6, 6.07) is 8.51. The molecular formula is C12H18O2S2. The Morgan fingerprint density at radius 2 is 1.38 bits per heavy atom. The van der Waals surface area contributed by atoms with E-state index in [0.29, 0.717) is 0 Å². The number of thioether (sulfide) groups is 2. The van der Waals surface area contributed by atoms with Gasteiger partial charge in [-0.2, -0.15) is 23.5 Å². The van der Waals surface area contributed by atoms with Crippen molar-refractivity contribution in [2.75, 3.05) is 24.7 Å². The van der Waals surface area contributed by atoms with Crippen molar-refractivity contribution in [3.8, 4) is 0 Å². The zero-order valence-corrected chi connectivity index (χ0v) is 10.9. The van der Waals surface area contributed by atoms with Crippen molar-refractivity contribution in [2.24, 2.45) is 0 Å².